The fourth-order valence-corrected chi connectivity index (χ4v) is 3.91. The maximum Gasteiger partial charge on any atom is 0.387 e. The fourth-order valence-electron chi connectivity index (χ4n) is 3.03. The van der Waals surface area contributed by atoms with Crippen LogP contribution in [0, 0.1) is 11.3 Å². The highest BCUT2D eigenvalue weighted by atomic mass is 32.2. The second kappa shape index (κ2) is 11.3. The number of anilines is 1. The number of amidine groups is 1. The largest absolute Gasteiger partial charge is 0.497 e. The molecule has 35 heavy (non-hydrogen) atoms. The monoisotopic (exact) mass is 498 g/mol. The lowest BCUT2D eigenvalue weighted by atomic mass is 10.2. The number of amides is 1. The molecule has 1 amide bonds. The van der Waals surface area contributed by atoms with E-state index in [4.69, 9.17) is 15.7 Å². The number of Topliss-reactive ketones (excluding diaryl/α,β-unsaturated/α-hetero) is 1. The van der Waals surface area contributed by atoms with Crippen molar-refractivity contribution in [3.8, 4) is 17.6 Å². The van der Waals surface area contributed by atoms with Gasteiger partial charge >= 0.3 is 6.61 Å². The van der Waals surface area contributed by atoms with Crippen molar-refractivity contribution >= 4 is 40.4 Å². The highest BCUT2D eigenvalue weighted by molar-refractivity contribution is 8.14. The van der Waals surface area contributed by atoms with Crippen molar-refractivity contribution in [2.75, 3.05) is 17.8 Å². The molecule has 1 aliphatic heterocycles. The van der Waals surface area contributed by atoms with E-state index in [0.29, 0.717) is 17.0 Å². The van der Waals surface area contributed by atoms with E-state index >= 15 is 0 Å². The van der Waals surface area contributed by atoms with Gasteiger partial charge in [-0.1, -0.05) is 23.9 Å². The SMILES string of the molecule is COc1ccc(/C=C2/N=C(SCC(=O)/C(C#N)=C(\C)N)N(c3ccc(OC(F)F)cc3)C2=O)cc1. The Balaban J connectivity index is 1.93. The smallest absolute Gasteiger partial charge is 0.387 e. The van der Waals surface area contributed by atoms with Crippen molar-refractivity contribution in [1.29, 1.82) is 5.26 Å². The summed E-state index contributed by atoms with van der Waals surface area (Å²) in [5.41, 5.74) is 6.64. The Hall–Kier alpha value is -4.17. The molecule has 0 unspecified atom stereocenters. The molecule has 0 bridgehead atoms. The molecule has 0 atom stereocenters. The Morgan fingerprint density at radius 2 is 1.83 bits per heavy atom. The van der Waals surface area contributed by atoms with Crippen LogP contribution in [0.5, 0.6) is 11.5 Å². The number of aliphatic imine (C=N–C) groups is 1. The van der Waals surface area contributed by atoms with Gasteiger partial charge in [0.15, 0.2) is 11.0 Å². The first-order chi connectivity index (χ1) is 16.7. The second-order valence-electron chi connectivity index (χ2n) is 7.09. The Kier molecular flexibility index (Phi) is 8.22. The van der Waals surface area contributed by atoms with Crippen LogP contribution in [-0.4, -0.2) is 36.3 Å². The number of carbonyl (C=O) groups is 2. The Bertz CT molecular complexity index is 1250. The van der Waals surface area contributed by atoms with Gasteiger partial charge in [0.05, 0.1) is 18.6 Å². The molecule has 8 nitrogen and oxygen atoms in total. The minimum Gasteiger partial charge on any atom is -0.497 e. The zero-order valence-corrected chi connectivity index (χ0v) is 19.5. The van der Waals surface area contributed by atoms with Gasteiger partial charge in [-0.05, 0) is 55.0 Å². The molecule has 11 heteroatoms. The zero-order chi connectivity index (χ0) is 25.5. The molecule has 1 heterocycles. The van der Waals surface area contributed by atoms with Gasteiger partial charge in [0.1, 0.15) is 28.8 Å². The molecule has 2 aromatic carbocycles. The van der Waals surface area contributed by atoms with E-state index < -0.39 is 18.3 Å². The lowest BCUT2D eigenvalue weighted by Crippen LogP contribution is -2.31. The maximum atomic E-state index is 13.2. The summed E-state index contributed by atoms with van der Waals surface area (Å²) in [6.07, 6.45) is 1.57. The average molecular weight is 499 g/mol. The van der Waals surface area contributed by atoms with E-state index in [1.807, 2.05) is 0 Å². The number of ether oxygens (including phenoxy) is 2. The van der Waals surface area contributed by atoms with E-state index in [-0.39, 0.29) is 33.6 Å². The number of rotatable bonds is 8. The number of nitrogens with two attached hydrogens (primary N) is 1. The molecule has 3 rings (SSSR count). The van der Waals surface area contributed by atoms with E-state index in [9.17, 15) is 18.4 Å². The van der Waals surface area contributed by atoms with E-state index in [2.05, 4.69) is 9.73 Å². The summed E-state index contributed by atoms with van der Waals surface area (Å²) in [5.74, 6) is -0.617. The van der Waals surface area contributed by atoms with E-state index in [1.165, 1.54) is 43.2 Å². The number of nitriles is 1. The third kappa shape index (κ3) is 6.24. The summed E-state index contributed by atoms with van der Waals surface area (Å²) >= 11 is 0.948. The third-order valence-electron chi connectivity index (χ3n) is 4.69. The first kappa shape index (κ1) is 25.5. The first-order valence-corrected chi connectivity index (χ1v) is 11.1. The van der Waals surface area contributed by atoms with Gasteiger partial charge in [0.25, 0.3) is 5.91 Å². The minimum atomic E-state index is -2.99. The van der Waals surface area contributed by atoms with Crippen molar-refractivity contribution in [2.45, 2.75) is 13.5 Å². The standard InChI is InChI=1S/C24H20F2N4O4S/c1-14(28)19(12-27)21(31)13-35-24-29-20(11-15-3-7-17(33-2)8-4-15)22(32)30(24)16-5-9-18(10-6-16)34-23(25)26/h3-11,23H,13,28H2,1-2H3/b19-14+,20-11+. The quantitative estimate of drug-likeness (QED) is 0.430. The molecule has 0 spiro atoms. The van der Waals surface area contributed by atoms with Crippen molar-refractivity contribution in [1.82, 2.24) is 0 Å². The molecular weight excluding hydrogens is 478 g/mol. The summed E-state index contributed by atoms with van der Waals surface area (Å²) in [6.45, 7) is -1.54. The first-order valence-electron chi connectivity index (χ1n) is 10.1. The third-order valence-corrected chi connectivity index (χ3v) is 5.62. The number of benzene rings is 2. The minimum absolute atomic E-state index is 0.0760. The molecule has 0 aromatic heterocycles. The number of hydrogen-bond donors (Lipinski definition) is 1. The van der Waals surface area contributed by atoms with E-state index in [0.717, 1.165) is 11.8 Å². The van der Waals surface area contributed by atoms with Gasteiger partial charge in [-0.25, -0.2) is 4.99 Å². The molecule has 180 valence electrons. The number of alkyl halides is 2. The molecule has 2 aromatic rings. The molecule has 0 fully saturated rings. The normalized spacial score (nSPS) is 15.1. The molecule has 0 aliphatic carbocycles. The number of carbonyl (C=O) groups excluding carboxylic acids is 2. The van der Waals surface area contributed by atoms with Crippen molar-refractivity contribution < 1.29 is 27.8 Å². The lowest BCUT2D eigenvalue weighted by molar-refractivity contribution is -0.114. The number of nitrogens with zero attached hydrogens (tertiary/aromatic N) is 3. The molecule has 2 N–H and O–H groups in total. The van der Waals surface area contributed by atoms with Crippen LogP contribution in [0.4, 0.5) is 14.5 Å². The average Bonchev–Trinajstić information content (AvgIpc) is 3.13. The number of thioether (sulfide) groups is 1. The number of allylic oxidation sites excluding steroid dienone is 2. The molecule has 0 saturated heterocycles. The fraction of sp³-hybridized carbons (Fsp3) is 0.167. The van der Waals surface area contributed by atoms with Gasteiger partial charge in [-0.15, -0.1) is 0 Å². The van der Waals surface area contributed by atoms with Gasteiger partial charge in [0.2, 0.25) is 0 Å². The number of ketones is 1. The van der Waals surface area contributed by atoms with Gasteiger partial charge in [-0.2, -0.15) is 14.0 Å². The zero-order valence-electron chi connectivity index (χ0n) is 18.7. The van der Waals surface area contributed by atoms with Crippen molar-refractivity contribution in [2.24, 2.45) is 10.7 Å². The van der Waals surface area contributed by atoms with Crippen molar-refractivity contribution in [3.05, 3.63) is 71.1 Å². The summed E-state index contributed by atoms with van der Waals surface area (Å²) in [6, 6.07) is 14.2. The van der Waals surface area contributed by atoms with Gasteiger partial charge in [-0.3, -0.25) is 14.5 Å². The van der Waals surface area contributed by atoms with Crippen LogP contribution >= 0.6 is 11.8 Å². The van der Waals surface area contributed by atoms with Crippen LogP contribution in [0.15, 0.2) is 70.5 Å². The summed E-state index contributed by atoms with van der Waals surface area (Å²) < 4.78 is 34.5. The van der Waals surface area contributed by atoms with Crippen LogP contribution in [0.2, 0.25) is 0 Å². The maximum absolute atomic E-state index is 13.2. The summed E-state index contributed by atoms with van der Waals surface area (Å²) in [7, 11) is 1.54. The Morgan fingerprint density at radius 1 is 1.20 bits per heavy atom. The van der Waals surface area contributed by atoms with E-state index in [1.54, 1.807) is 36.4 Å². The number of halogens is 2. The number of methoxy groups -OCH3 is 1. The topological polar surface area (TPSA) is 118 Å². The van der Waals surface area contributed by atoms with Crippen LogP contribution in [0.1, 0.15) is 12.5 Å². The lowest BCUT2D eigenvalue weighted by Gasteiger charge is -2.18. The van der Waals surface area contributed by atoms with Gasteiger partial charge < -0.3 is 15.2 Å². The predicted octanol–water partition coefficient (Wildman–Crippen LogP) is 4.10. The molecular formula is C24H20F2N4O4S. The second-order valence-corrected chi connectivity index (χ2v) is 8.03. The van der Waals surface area contributed by atoms with Crippen LogP contribution in [0.25, 0.3) is 6.08 Å². The molecule has 0 saturated carbocycles. The highest BCUT2D eigenvalue weighted by Gasteiger charge is 2.32. The summed E-state index contributed by atoms with van der Waals surface area (Å²) in [5, 5.41) is 9.35. The highest BCUT2D eigenvalue weighted by Crippen LogP contribution is 2.31. The molecule has 1 aliphatic rings. The Morgan fingerprint density at radius 3 is 2.37 bits per heavy atom. The van der Waals surface area contributed by atoms with Crippen LogP contribution < -0.4 is 20.1 Å². The van der Waals surface area contributed by atoms with Crippen LogP contribution in [0.3, 0.4) is 0 Å². The predicted molar refractivity (Wildman–Crippen MR) is 129 cm³/mol. The van der Waals surface area contributed by atoms with Crippen molar-refractivity contribution in [3.63, 3.8) is 0 Å². The summed E-state index contributed by atoms with van der Waals surface area (Å²) in [4.78, 5) is 31.3. The van der Waals surface area contributed by atoms with Gasteiger partial charge in [0, 0.05) is 5.70 Å². The Labute approximate surface area is 204 Å². The molecule has 0 radical (unpaired) electrons. The number of hydrogen-bond acceptors (Lipinski definition) is 8. The van der Waals surface area contributed by atoms with Crippen LogP contribution in [-0.2, 0) is 9.59 Å².